The highest BCUT2D eigenvalue weighted by Crippen LogP contribution is 2.32. The zero-order valence-corrected chi connectivity index (χ0v) is 13.0. The molecule has 1 atom stereocenters. The first kappa shape index (κ1) is 14.8. The van der Waals surface area contributed by atoms with Gasteiger partial charge in [0.2, 0.25) is 5.91 Å². The molecule has 2 aliphatic rings. The first-order valence-corrected chi connectivity index (χ1v) is 8.00. The molecule has 1 amide bonds. The Hall–Kier alpha value is -0.570. The molecule has 2 aliphatic heterocycles. The molecule has 0 saturated carbocycles. The lowest BCUT2D eigenvalue weighted by atomic mass is 9.80. The highest BCUT2D eigenvalue weighted by molar-refractivity contribution is 5.78. The molecule has 2 rings (SSSR count). The van der Waals surface area contributed by atoms with Crippen molar-refractivity contribution in [1.82, 2.24) is 9.80 Å². The normalized spacial score (nSPS) is 26.5. The lowest BCUT2D eigenvalue weighted by Gasteiger charge is -2.44. The van der Waals surface area contributed by atoms with Gasteiger partial charge in [0, 0.05) is 12.6 Å². The summed E-state index contributed by atoms with van der Waals surface area (Å²) in [6.45, 7) is 10.6. The average molecular weight is 266 g/mol. The monoisotopic (exact) mass is 266 g/mol. The molecule has 3 nitrogen and oxygen atoms in total. The van der Waals surface area contributed by atoms with Crippen LogP contribution in [0.2, 0.25) is 0 Å². The lowest BCUT2D eigenvalue weighted by Crippen LogP contribution is -2.53. The number of hydrogen-bond acceptors (Lipinski definition) is 2. The van der Waals surface area contributed by atoms with Gasteiger partial charge in [0.25, 0.3) is 0 Å². The van der Waals surface area contributed by atoms with Gasteiger partial charge in [-0.3, -0.25) is 9.69 Å². The number of likely N-dealkylation sites (tertiary alicyclic amines) is 2. The second-order valence-corrected chi connectivity index (χ2v) is 7.30. The van der Waals surface area contributed by atoms with Gasteiger partial charge < -0.3 is 4.90 Å². The second kappa shape index (κ2) is 6.25. The fourth-order valence-corrected chi connectivity index (χ4v) is 3.53. The lowest BCUT2D eigenvalue weighted by molar-refractivity contribution is -0.139. The molecule has 2 heterocycles. The molecule has 0 aromatic heterocycles. The van der Waals surface area contributed by atoms with Gasteiger partial charge in [0.15, 0.2) is 0 Å². The minimum Gasteiger partial charge on any atom is -0.338 e. The minimum atomic E-state index is 0.206. The van der Waals surface area contributed by atoms with Crippen LogP contribution in [0, 0.1) is 5.41 Å². The minimum absolute atomic E-state index is 0.206. The molecule has 0 spiro atoms. The van der Waals surface area contributed by atoms with Crippen LogP contribution in [0.25, 0.3) is 0 Å². The summed E-state index contributed by atoms with van der Waals surface area (Å²) >= 11 is 0. The molecule has 19 heavy (non-hydrogen) atoms. The third kappa shape index (κ3) is 3.95. The smallest absolute Gasteiger partial charge is 0.237 e. The molecule has 2 saturated heterocycles. The van der Waals surface area contributed by atoms with Crippen LogP contribution >= 0.6 is 0 Å². The molecule has 110 valence electrons. The molecular formula is C16H30N2O. The standard InChI is InChI=1S/C16H30N2O/c1-16(2,3)14-9-5-8-12-18(14)15(19)13-17-10-6-4-7-11-17/h14H,4-13H2,1-3H3. The van der Waals surface area contributed by atoms with Gasteiger partial charge in [-0.25, -0.2) is 0 Å². The van der Waals surface area contributed by atoms with Gasteiger partial charge >= 0.3 is 0 Å². The van der Waals surface area contributed by atoms with Crippen LogP contribution < -0.4 is 0 Å². The van der Waals surface area contributed by atoms with Gasteiger partial charge in [-0.2, -0.15) is 0 Å². The van der Waals surface area contributed by atoms with E-state index < -0.39 is 0 Å². The maximum absolute atomic E-state index is 12.6. The van der Waals surface area contributed by atoms with E-state index in [1.807, 2.05) is 0 Å². The van der Waals surface area contributed by atoms with Gasteiger partial charge in [0.05, 0.1) is 6.54 Å². The van der Waals surface area contributed by atoms with E-state index in [0.29, 0.717) is 18.5 Å². The fourth-order valence-electron chi connectivity index (χ4n) is 3.53. The van der Waals surface area contributed by atoms with E-state index in [1.165, 1.54) is 38.5 Å². The molecular weight excluding hydrogens is 236 g/mol. The van der Waals surface area contributed by atoms with Gasteiger partial charge in [-0.05, 0) is 50.6 Å². The van der Waals surface area contributed by atoms with Crippen molar-refractivity contribution in [3.8, 4) is 0 Å². The maximum atomic E-state index is 12.6. The van der Waals surface area contributed by atoms with Crippen LogP contribution in [-0.2, 0) is 4.79 Å². The predicted molar refractivity (Wildman–Crippen MR) is 79.1 cm³/mol. The second-order valence-electron chi connectivity index (χ2n) is 7.30. The number of piperidine rings is 2. The van der Waals surface area contributed by atoms with Crippen LogP contribution in [-0.4, -0.2) is 47.9 Å². The van der Waals surface area contributed by atoms with Crippen molar-refractivity contribution in [2.45, 2.75) is 65.3 Å². The molecule has 0 N–H and O–H groups in total. The van der Waals surface area contributed by atoms with Crippen LogP contribution in [0.5, 0.6) is 0 Å². The third-order valence-electron chi connectivity index (χ3n) is 4.63. The summed E-state index contributed by atoms with van der Waals surface area (Å²) in [5, 5.41) is 0. The number of rotatable bonds is 2. The van der Waals surface area contributed by atoms with Crippen LogP contribution in [0.4, 0.5) is 0 Å². The van der Waals surface area contributed by atoms with Crippen molar-refractivity contribution < 1.29 is 4.79 Å². The van der Waals surface area contributed by atoms with E-state index in [1.54, 1.807) is 0 Å². The van der Waals surface area contributed by atoms with E-state index in [2.05, 4.69) is 30.6 Å². The fraction of sp³-hybridized carbons (Fsp3) is 0.938. The van der Waals surface area contributed by atoms with Crippen molar-refractivity contribution in [2.75, 3.05) is 26.2 Å². The average Bonchev–Trinajstić information content (AvgIpc) is 2.39. The topological polar surface area (TPSA) is 23.6 Å². The largest absolute Gasteiger partial charge is 0.338 e. The Labute approximate surface area is 118 Å². The first-order chi connectivity index (χ1) is 8.98. The summed E-state index contributed by atoms with van der Waals surface area (Å²) in [5.74, 6) is 0.363. The van der Waals surface area contributed by atoms with E-state index in [0.717, 1.165) is 19.6 Å². The summed E-state index contributed by atoms with van der Waals surface area (Å²) in [6.07, 6.45) is 7.48. The van der Waals surface area contributed by atoms with E-state index >= 15 is 0 Å². The molecule has 0 aromatic carbocycles. The van der Waals surface area contributed by atoms with Crippen LogP contribution in [0.1, 0.15) is 59.3 Å². The van der Waals surface area contributed by atoms with E-state index in [9.17, 15) is 4.79 Å². The van der Waals surface area contributed by atoms with Crippen molar-refractivity contribution in [1.29, 1.82) is 0 Å². The maximum Gasteiger partial charge on any atom is 0.237 e. The third-order valence-corrected chi connectivity index (χ3v) is 4.63. The predicted octanol–water partition coefficient (Wildman–Crippen LogP) is 2.90. The van der Waals surface area contributed by atoms with Crippen molar-refractivity contribution in [2.24, 2.45) is 5.41 Å². The highest BCUT2D eigenvalue weighted by Gasteiger charge is 2.35. The number of amides is 1. The van der Waals surface area contributed by atoms with Crippen LogP contribution in [0.15, 0.2) is 0 Å². The number of carbonyl (C=O) groups excluding carboxylic acids is 1. The zero-order valence-electron chi connectivity index (χ0n) is 13.0. The molecule has 0 radical (unpaired) electrons. The molecule has 0 aliphatic carbocycles. The first-order valence-electron chi connectivity index (χ1n) is 8.00. The summed E-state index contributed by atoms with van der Waals surface area (Å²) in [7, 11) is 0. The summed E-state index contributed by atoms with van der Waals surface area (Å²) < 4.78 is 0. The van der Waals surface area contributed by atoms with Crippen molar-refractivity contribution in [3.63, 3.8) is 0 Å². The quantitative estimate of drug-likeness (QED) is 0.767. The van der Waals surface area contributed by atoms with E-state index in [4.69, 9.17) is 0 Å². The number of hydrogen-bond donors (Lipinski definition) is 0. The Kier molecular flexibility index (Phi) is 4.88. The molecule has 3 heteroatoms. The summed E-state index contributed by atoms with van der Waals surface area (Å²) in [6, 6.07) is 0.429. The number of nitrogens with zero attached hydrogens (tertiary/aromatic N) is 2. The Morgan fingerprint density at radius 1 is 1.00 bits per heavy atom. The molecule has 1 unspecified atom stereocenters. The van der Waals surface area contributed by atoms with Crippen LogP contribution in [0.3, 0.4) is 0 Å². The van der Waals surface area contributed by atoms with Crippen molar-refractivity contribution in [3.05, 3.63) is 0 Å². The van der Waals surface area contributed by atoms with Crippen molar-refractivity contribution >= 4 is 5.91 Å². The van der Waals surface area contributed by atoms with E-state index in [-0.39, 0.29) is 5.41 Å². The highest BCUT2D eigenvalue weighted by atomic mass is 16.2. The Morgan fingerprint density at radius 2 is 1.63 bits per heavy atom. The molecule has 2 fully saturated rings. The summed E-state index contributed by atoms with van der Waals surface area (Å²) in [4.78, 5) is 17.1. The Bertz CT molecular complexity index is 302. The molecule has 0 aromatic rings. The Morgan fingerprint density at radius 3 is 2.26 bits per heavy atom. The summed E-state index contributed by atoms with van der Waals surface area (Å²) in [5.41, 5.74) is 0.206. The molecule has 0 bridgehead atoms. The zero-order chi connectivity index (χ0) is 13.9. The van der Waals surface area contributed by atoms with Gasteiger partial charge in [0.1, 0.15) is 0 Å². The SMILES string of the molecule is CC(C)(C)C1CCCCN1C(=O)CN1CCCCC1. The Balaban J connectivity index is 1.95. The van der Waals surface area contributed by atoms with Gasteiger partial charge in [-0.15, -0.1) is 0 Å². The van der Waals surface area contributed by atoms with Gasteiger partial charge in [-0.1, -0.05) is 27.2 Å². The number of carbonyl (C=O) groups is 1.